The van der Waals surface area contributed by atoms with Crippen LogP contribution in [0, 0.1) is 5.82 Å². The predicted octanol–water partition coefficient (Wildman–Crippen LogP) is 2.10. The maximum Gasteiger partial charge on any atom is 0.361 e. The fourth-order valence-electron chi connectivity index (χ4n) is 2.27. The fraction of sp³-hybridized carbons (Fsp3) is 0.188. The number of hydrogen-bond donors (Lipinski definition) is 1. The molecule has 0 spiro atoms. The van der Waals surface area contributed by atoms with E-state index >= 15 is 0 Å². The second-order valence-corrected chi connectivity index (χ2v) is 6.20. The first-order valence-corrected chi connectivity index (χ1v) is 8.46. The summed E-state index contributed by atoms with van der Waals surface area (Å²) in [5.41, 5.74) is -1.23. The van der Waals surface area contributed by atoms with E-state index in [0.29, 0.717) is 4.47 Å². The van der Waals surface area contributed by atoms with Gasteiger partial charge in [-0.1, -0.05) is 21.1 Å². The Labute approximate surface area is 159 Å². The zero-order valence-electron chi connectivity index (χ0n) is 13.9. The zero-order valence-corrected chi connectivity index (χ0v) is 15.4. The van der Waals surface area contributed by atoms with E-state index in [-0.39, 0.29) is 29.1 Å². The van der Waals surface area contributed by atoms with E-state index in [4.69, 9.17) is 9.26 Å². The molecule has 9 nitrogen and oxygen atoms in total. The number of aromatic nitrogens is 3. The molecule has 11 heteroatoms. The SMILES string of the molecule is CCOC(=O)c1noc2ncn(CC(=O)Nc3ccc(Br)cc3F)c(=O)c12. The number of fused-ring (bicyclic) bond motifs is 1. The summed E-state index contributed by atoms with van der Waals surface area (Å²) < 4.78 is 24.9. The van der Waals surface area contributed by atoms with Crippen LogP contribution in [0.15, 0.2) is 38.3 Å². The number of carbonyl (C=O) groups is 2. The van der Waals surface area contributed by atoms with Crippen molar-refractivity contribution in [3.63, 3.8) is 0 Å². The highest BCUT2D eigenvalue weighted by Crippen LogP contribution is 2.19. The van der Waals surface area contributed by atoms with Gasteiger partial charge in [-0.25, -0.2) is 14.2 Å². The quantitative estimate of drug-likeness (QED) is 0.606. The highest BCUT2D eigenvalue weighted by atomic mass is 79.9. The van der Waals surface area contributed by atoms with Crippen LogP contribution in [0.4, 0.5) is 10.1 Å². The van der Waals surface area contributed by atoms with Crippen LogP contribution >= 0.6 is 15.9 Å². The summed E-state index contributed by atoms with van der Waals surface area (Å²) in [7, 11) is 0. The Hall–Kier alpha value is -3.08. The number of carbonyl (C=O) groups excluding carboxylic acids is 2. The third-order valence-corrected chi connectivity index (χ3v) is 3.94. The maximum atomic E-state index is 13.8. The largest absolute Gasteiger partial charge is 0.461 e. The first-order valence-electron chi connectivity index (χ1n) is 7.67. The Morgan fingerprint density at radius 2 is 2.19 bits per heavy atom. The van der Waals surface area contributed by atoms with Crippen molar-refractivity contribution in [1.82, 2.24) is 14.7 Å². The van der Waals surface area contributed by atoms with Gasteiger partial charge >= 0.3 is 5.97 Å². The standard InChI is InChI=1S/C16H12BrFN4O5/c1-2-26-16(25)13-12-14(27-21-13)19-7-22(15(12)24)6-11(23)20-10-4-3-8(17)5-9(10)18/h3-5,7H,2,6H2,1H3,(H,20,23). The first kappa shape index (κ1) is 18.7. The average Bonchev–Trinajstić information content (AvgIpc) is 3.05. The van der Waals surface area contributed by atoms with Gasteiger partial charge in [-0.15, -0.1) is 0 Å². The molecule has 1 amide bonds. The molecule has 1 aromatic carbocycles. The van der Waals surface area contributed by atoms with Crippen molar-refractivity contribution in [2.75, 3.05) is 11.9 Å². The number of nitrogens with zero attached hydrogens (tertiary/aromatic N) is 3. The van der Waals surface area contributed by atoms with E-state index in [1.165, 1.54) is 12.1 Å². The van der Waals surface area contributed by atoms with Gasteiger partial charge in [0, 0.05) is 4.47 Å². The maximum absolute atomic E-state index is 13.8. The Bertz CT molecular complexity index is 1090. The van der Waals surface area contributed by atoms with Gasteiger partial charge in [0.15, 0.2) is 0 Å². The van der Waals surface area contributed by atoms with Crippen LogP contribution in [0.25, 0.3) is 11.1 Å². The van der Waals surface area contributed by atoms with Gasteiger partial charge in [-0.05, 0) is 25.1 Å². The molecule has 1 N–H and O–H groups in total. The summed E-state index contributed by atoms with van der Waals surface area (Å²) >= 11 is 3.12. The molecule has 0 fully saturated rings. The molecule has 0 unspecified atom stereocenters. The van der Waals surface area contributed by atoms with Crippen LogP contribution in [-0.4, -0.2) is 33.2 Å². The van der Waals surface area contributed by atoms with E-state index in [1.54, 1.807) is 13.0 Å². The Kier molecular flexibility index (Phi) is 5.31. The number of halogens is 2. The highest BCUT2D eigenvalue weighted by Gasteiger charge is 2.23. The van der Waals surface area contributed by atoms with Gasteiger partial charge in [-0.2, -0.15) is 0 Å². The van der Waals surface area contributed by atoms with E-state index in [2.05, 4.69) is 31.4 Å². The lowest BCUT2D eigenvalue weighted by Gasteiger charge is -2.08. The lowest BCUT2D eigenvalue weighted by Crippen LogP contribution is -2.28. The molecule has 2 heterocycles. The first-order chi connectivity index (χ1) is 12.9. The monoisotopic (exact) mass is 438 g/mol. The number of rotatable bonds is 5. The minimum Gasteiger partial charge on any atom is -0.461 e. The van der Waals surface area contributed by atoms with Gasteiger partial charge in [0.25, 0.3) is 11.3 Å². The lowest BCUT2D eigenvalue weighted by molar-refractivity contribution is -0.116. The van der Waals surface area contributed by atoms with Gasteiger partial charge in [-0.3, -0.25) is 14.2 Å². The molecule has 140 valence electrons. The highest BCUT2D eigenvalue weighted by molar-refractivity contribution is 9.10. The second kappa shape index (κ2) is 7.66. The molecule has 27 heavy (non-hydrogen) atoms. The van der Waals surface area contributed by atoms with Crippen molar-refractivity contribution in [3.8, 4) is 0 Å². The molecule has 0 radical (unpaired) electrons. The number of esters is 1. The van der Waals surface area contributed by atoms with Crippen molar-refractivity contribution in [2.24, 2.45) is 0 Å². The molecule has 0 aliphatic heterocycles. The van der Waals surface area contributed by atoms with Crippen molar-refractivity contribution < 1.29 is 23.2 Å². The molecule has 3 aromatic rings. The van der Waals surface area contributed by atoms with Crippen LogP contribution in [0.1, 0.15) is 17.4 Å². The third kappa shape index (κ3) is 3.87. The Balaban J connectivity index is 1.87. The zero-order chi connectivity index (χ0) is 19.6. The number of benzene rings is 1. The minimum atomic E-state index is -0.839. The van der Waals surface area contributed by atoms with Crippen molar-refractivity contribution in [3.05, 3.63) is 50.9 Å². The average molecular weight is 439 g/mol. The van der Waals surface area contributed by atoms with Gasteiger partial charge in [0.05, 0.1) is 12.3 Å². The normalized spacial score (nSPS) is 10.8. The van der Waals surface area contributed by atoms with E-state index in [0.717, 1.165) is 10.9 Å². The number of nitrogens with one attached hydrogen (secondary N) is 1. The van der Waals surface area contributed by atoms with Crippen LogP contribution in [0.5, 0.6) is 0 Å². The summed E-state index contributed by atoms with van der Waals surface area (Å²) in [6, 6.07) is 4.12. The van der Waals surface area contributed by atoms with Crippen molar-refractivity contribution >= 4 is 44.6 Å². The number of amides is 1. The lowest BCUT2D eigenvalue weighted by atomic mass is 10.3. The Morgan fingerprint density at radius 1 is 1.41 bits per heavy atom. The smallest absolute Gasteiger partial charge is 0.361 e. The molecular formula is C16H12BrFN4O5. The van der Waals surface area contributed by atoms with Crippen LogP contribution in [-0.2, 0) is 16.1 Å². The second-order valence-electron chi connectivity index (χ2n) is 5.28. The molecule has 0 atom stereocenters. The minimum absolute atomic E-state index is 0.0394. The fourth-order valence-corrected chi connectivity index (χ4v) is 2.60. The molecule has 2 aromatic heterocycles. The van der Waals surface area contributed by atoms with E-state index < -0.39 is 29.8 Å². The van der Waals surface area contributed by atoms with Crippen LogP contribution < -0.4 is 10.9 Å². The van der Waals surface area contributed by atoms with E-state index in [9.17, 15) is 18.8 Å². The van der Waals surface area contributed by atoms with E-state index in [1.807, 2.05) is 0 Å². The molecular weight excluding hydrogens is 427 g/mol. The van der Waals surface area contributed by atoms with Gasteiger partial charge in [0.1, 0.15) is 24.1 Å². The molecule has 0 aliphatic carbocycles. The molecule has 0 saturated carbocycles. The van der Waals surface area contributed by atoms with Crippen LogP contribution in [0.3, 0.4) is 0 Å². The molecule has 0 aliphatic rings. The summed E-state index contributed by atoms with van der Waals surface area (Å²) in [4.78, 5) is 40.5. The summed E-state index contributed by atoms with van der Waals surface area (Å²) in [5.74, 6) is -2.13. The van der Waals surface area contributed by atoms with Crippen molar-refractivity contribution in [2.45, 2.75) is 13.5 Å². The number of anilines is 1. The molecule has 3 rings (SSSR count). The topological polar surface area (TPSA) is 116 Å². The summed E-state index contributed by atoms with van der Waals surface area (Å²) in [5, 5.41) is 5.67. The van der Waals surface area contributed by atoms with Crippen molar-refractivity contribution in [1.29, 1.82) is 0 Å². The van der Waals surface area contributed by atoms with Gasteiger partial charge in [0.2, 0.25) is 11.6 Å². The Morgan fingerprint density at radius 3 is 2.89 bits per heavy atom. The number of ether oxygens (including phenoxy) is 1. The van der Waals surface area contributed by atoms with Gasteiger partial charge < -0.3 is 14.6 Å². The van der Waals surface area contributed by atoms with Crippen LogP contribution in [0.2, 0.25) is 0 Å². The number of hydrogen-bond acceptors (Lipinski definition) is 7. The molecule has 0 bridgehead atoms. The summed E-state index contributed by atoms with van der Waals surface area (Å²) in [6.45, 7) is 1.23. The summed E-state index contributed by atoms with van der Waals surface area (Å²) in [6.07, 6.45) is 1.07. The molecule has 0 saturated heterocycles. The third-order valence-electron chi connectivity index (χ3n) is 3.45. The predicted molar refractivity (Wildman–Crippen MR) is 94.8 cm³/mol.